The fourth-order valence-corrected chi connectivity index (χ4v) is 3.04. The Hall–Kier alpha value is -2.34. The van der Waals surface area contributed by atoms with E-state index in [4.69, 9.17) is 8.94 Å². The van der Waals surface area contributed by atoms with Gasteiger partial charge in [-0.1, -0.05) is 17.3 Å². The van der Waals surface area contributed by atoms with Gasteiger partial charge in [0.25, 0.3) is 6.01 Å². The van der Waals surface area contributed by atoms with E-state index in [2.05, 4.69) is 19.9 Å². The molecule has 1 saturated heterocycles. The number of hydrogen-bond donors (Lipinski definition) is 0. The summed E-state index contributed by atoms with van der Waals surface area (Å²) in [6.07, 6.45) is 0. The predicted octanol–water partition coefficient (Wildman–Crippen LogP) is 2.75. The second-order valence-corrected chi connectivity index (χ2v) is 6.03. The zero-order valence-electron chi connectivity index (χ0n) is 13.5. The van der Waals surface area contributed by atoms with Crippen LogP contribution in [0.3, 0.4) is 0 Å². The van der Waals surface area contributed by atoms with Crippen molar-refractivity contribution in [2.45, 2.75) is 20.4 Å². The van der Waals surface area contributed by atoms with E-state index in [-0.39, 0.29) is 0 Å². The van der Waals surface area contributed by atoms with Gasteiger partial charge in [-0.3, -0.25) is 4.90 Å². The van der Waals surface area contributed by atoms with Crippen LogP contribution in [0.15, 0.2) is 33.2 Å². The van der Waals surface area contributed by atoms with Gasteiger partial charge in [-0.25, -0.2) is 0 Å². The Labute approximate surface area is 134 Å². The van der Waals surface area contributed by atoms with Crippen molar-refractivity contribution >= 4 is 17.1 Å². The van der Waals surface area contributed by atoms with E-state index >= 15 is 0 Å². The van der Waals surface area contributed by atoms with Gasteiger partial charge >= 0.3 is 0 Å². The molecule has 1 aliphatic rings. The number of hydrogen-bond acceptors (Lipinski definition) is 6. The van der Waals surface area contributed by atoms with E-state index in [0.29, 0.717) is 0 Å². The van der Waals surface area contributed by atoms with Crippen molar-refractivity contribution in [1.29, 1.82) is 0 Å². The van der Waals surface area contributed by atoms with Crippen molar-refractivity contribution in [1.82, 2.24) is 15.0 Å². The summed E-state index contributed by atoms with van der Waals surface area (Å²) in [6, 6.07) is 8.62. The molecule has 1 aliphatic heterocycles. The van der Waals surface area contributed by atoms with Gasteiger partial charge in [-0.05, 0) is 26.0 Å². The topological polar surface area (TPSA) is 58.5 Å². The van der Waals surface area contributed by atoms with E-state index in [1.165, 1.54) is 5.56 Å². The molecule has 3 heterocycles. The Bertz CT molecular complexity index is 762. The molecule has 0 N–H and O–H groups in total. The number of aryl methyl sites for hydroxylation is 2. The number of fused-ring (bicyclic) bond motifs is 1. The highest BCUT2D eigenvalue weighted by Gasteiger charge is 2.22. The maximum atomic E-state index is 5.86. The predicted molar refractivity (Wildman–Crippen MR) is 87.5 cm³/mol. The van der Waals surface area contributed by atoms with Crippen molar-refractivity contribution in [2.24, 2.45) is 0 Å². The van der Waals surface area contributed by atoms with Crippen molar-refractivity contribution in [2.75, 3.05) is 31.1 Å². The maximum absolute atomic E-state index is 5.86. The first kappa shape index (κ1) is 14.3. The summed E-state index contributed by atoms with van der Waals surface area (Å²) in [5.41, 5.74) is 3.96. The Balaban J connectivity index is 1.42. The molecule has 6 heteroatoms. The van der Waals surface area contributed by atoms with Gasteiger partial charge in [0.1, 0.15) is 11.3 Å². The molecule has 1 fully saturated rings. The molecule has 2 aromatic heterocycles. The number of oxazole rings is 1. The summed E-state index contributed by atoms with van der Waals surface area (Å²) < 4.78 is 11.1. The molecular formula is C17H20N4O2. The summed E-state index contributed by atoms with van der Waals surface area (Å²) in [4.78, 5) is 9.22. The summed E-state index contributed by atoms with van der Waals surface area (Å²) in [6.45, 7) is 8.64. The lowest BCUT2D eigenvalue weighted by molar-refractivity contribution is 0.244. The molecule has 0 unspecified atom stereocenters. The van der Waals surface area contributed by atoms with Gasteiger partial charge in [0, 0.05) is 38.3 Å². The van der Waals surface area contributed by atoms with E-state index < -0.39 is 0 Å². The molecule has 0 saturated carbocycles. The van der Waals surface area contributed by atoms with Gasteiger partial charge in [0.05, 0.1) is 5.69 Å². The smallest absolute Gasteiger partial charge is 0.298 e. The third-order valence-electron chi connectivity index (χ3n) is 4.49. The largest absolute Gasteiger partial charge is 0.423 e. The van der Waals surface area contributed by atoms with E-state index in [0.717, 1.165) is 61.3 Å². The van der Waals surface area contributed by atoms with E-state index in [9.17, 15) is 0 Å². The Kier molecular flexibility index (Phi) is 3.53. The van der Waals surface area contributed by atoms with Crippen LogP contribution in [0.25, 0.3) is 11.1 Å². The average molecular weight is 312 g/mol. The van der Waals surface area contributed by atoms with Crippen molar-refractivity contribution in [3.05, 3.63) is 41.3 Å². The van der Waals surface area contributed by atoms with Crippen LogP contribution in [-0.2, 0) is 6.54 Å². The van der Waals surface area contributed by atoms with Crippen LogP contribution in [0.4, 0.5) is 6.01 Å². The van der Waals surface area contributed by atoms with Crippen LogP contribution in [0, 0.1) is 13.8 Å². The highest BCUT2D eigenvalue weighted by Crippen LogP contribution is 2.23. The van der Waals surface area contributed by atoms with Crippen molar-refractivity contribution < 1.29 is 8.94 Å². The standard InChI is InChI=1S/C17H20N4O2/c1-12-14(13(2)23-19-12)11-20-7-9-21(10-8-20)17-18-15-5-3-4-6-16(15)22-17/h3-6H,7-11H2,1-2H3. The molecule has 0 amide bonds. The lowest BCUT2D eigenvalue weighted by atomic mass is 10.2. The number of piperazine rings is 1. The number of anilines is 1. The molecule has 3 aromatic rings. The molecule has 0 spiro atoms. The van der Waals surface area contributed by atoms with Crippen LogP contribution in [0.2, 0.25) is 0 Å². The molecule has 23 heavy (non-hydrogen) atoms. The van der Waals surface area contributed by atoms with Gasteiger partial charge < -0.3 is 13.8 Å². The fourth-order valence-electron chi connectivity index (χ4n) is 3.04. The first-order valence-electron chi connectivity index (χ1n) is 7.95. The molecule has 0 aliphatic carbocycles. The van der Waals surface area contributed by atoms with Gasteiger partial charge in [-0.15, -0.1) is 0 Å². The van der Waals surface area contributed by atoms with Gasteiger partial charge in [0.15, 0.2) is 5.58 Å². The molecular weight excluding hydrogens is 292 g/mol. The van der Waals surface area contributed by atoms with E-state index in [1.54, 1.807) is 0 Å². The summed E-state index contributed by atoms with van der Waals surface area (Å²) in [5.74, 6) is 0.920. The van der Waals surface area contributed by atoms with Crippen LogP contribution < -0.4 is 4.90 Å². The summed E-state index contributed by atoms with van der Waals surface area (Å²) in [5, 5.41) is 4.03. The second-order valence-electron chi connectivity index (χ2n) is 6.03. The first-order chi connectivity index (χ1) is 11.2. The zero-order chi connectivity index (χ0) is 15.8. The molecule has 1 aromatic carbocycles. The lowest BCUT2D eigenvalue weighted by Gasteiger charge is -2.33. The highest BCUT2D eigenvalue weighted by molar-refractivity contribution is 5.74. The van der Waals surface area contributed by atoms with E-state index in [1.807, 2.05) is 38.1 Å². The minimum absolute atomic E-state index is 0.725. The van der Waals surface area contributed by atoms with Crippen LogP contribution >= 0.6 is 0 Å². The average Bonchev–Trinajstić information content (AvgIpc) is 3.14. The summed E-state index contributed by atoms with van der Waals surface area (Å²) >= 11 is 0. The minimum Gasteiger partial charge on any atom is -0.423 e. The third kappa shape index (κ3) is 2.70. The molecule has 120 valence electrons. The Morgan fingerprint density at radius 1 is 1.09 bits per heavy atom. The monoisotopic (exact) mass is 312 g/mol. The zero-order valence-corrected chi connectivity index (χ0v) is 13.5. The Morgan fingerprint density at radius 2 is 1.87 bits per heavy atom. The fraction of sp³-hybridized carbons (Fsp3) is 0.412. The van der Waals surface area contributed by atoms with Crippen LogP contribution in [0.1, 0.15) is 17.0 Å². The first-order valence-corrected chi connectivity index (χ1v) is 7.95. The maximum Gasteiger partial charge on any atom is 0.298 e. The number of nitrogens with zero attached hydrogens (tertiary/aromatic N) is 4. The minimum atomic E-state index is 0.725. The van der Waals surface area contributed by atoms with Crippen LogP contribution in [0.5, 0.6) is 0 Å². The van der Waals surface area contributed by atoms with Crippen molar-refractivity contribution in [3.63, 3.8) is 0 Å². The van der Waals surface area contributed by atoms with Crippen molar-refractivity contribution in [3.8, 4) is 0 Å². The molecule has 0 atom stereocenters. The summed E-state index contributed by atoms with van der Waals surface area (Å²) in [7, 11) is 0. The number of aromatic nitrogens is 2. The molecule has 0 bridgehead atoms. The molecule has 0 radical (unpaired) electrons. The molecule has 4 rings (SSSR count). The second kappa shape index (κ2) is 5.70. The number of para-hydroxylation sites is 2. The quantitative estimate of drug-likeness (QED) is 0.741. The van der Waals surface area contributed by atoms with Gasteiger partial charge in [0.2, 0.25) is 0 Å². The normalized spacial score (nSPS) is 16.3. The van der Waals surface area contributed by atoms with Crippen LogP contribution in [-0.4, -0.2) is 41.2 Å². The lowest BCUT2D eigenvalue weighted by Crippen LogP contribution is -2.46. The molecule has 6 nitrogen and oxygen atoms in total. The number of benzene rings is 1. The van der Waals surface area contributed by atoms with Gasteiger partial charge in [-0.2, -0.15) is 4.98 Å². The SMILES string of the molecule is Cc1noc(C)c1CN1CCN(c2nc3ccccc3o2)CC1. The Morgan fingerprint density at radius 3 is 2.57 bits per heavy atom. The highest BCUT2D eigenvalue weighted by atomic mass is 16.5. The third-order valence-corrected chi connectivity index (χ3v) is 4.49. The number of rotatable bonds is 3.